The summed E-state index contributed by atoms with van der Waals surface area (Å²) in [5.41, 5.74) is 3.87. The van der Waals surface area contributed by atoms with Crippen LogP contribution in [0.5, 0.6) is 5.75 Å². The number of rotatable bonds is 5. The van der Waals surface area contributed by atoms with Crippen LogP contribution in [0.3, 0.4) is 0 Å². The van der Waals surface area contributed by atoms with Gasteiger partial charge in [0.1, 0.15) is 5.75 Å². The zero-order valence-electron chi connectivity index (χ0n) is 10.7. The second kappa shape index (κ2) is 6.22. The van der Waals surface area contributed by atoms with Crippen LogP contribution in [0.25, 0.3) is 0 Å². The molecule has 0 saturated heterocycles. The van der Waals surface area contributed by atoms with E-state index < -0.39 is 0 Å². The topological polar surface area (TPSA) is 32.3 Å². The molecule has 0 spiro atoms. The molecule has 2 rings (SSSR count). The van der Waals surface area contributed by atoms with Crippen LogP contribution in [0.4, 0.5) is 0 Å². The normalized spacial score (nSPS) is 10.5. The summed E-state index contributed by atoms with van der Waals surface area (Å²) in [7, 11) is 0. The average molecular weight is 241 g/mol. The van der Waals surface area contributed by atoms with Crippen molar-refractivity contribution in [2.24, 2.45) is 0 Å². The summed E-state index contributed by atoms with van der Waals surface area (Å²) in [6.07, 6.45) is 1.04. The molecule has 0 aliphatic carbocycles. The van der Waals surface area contributed by atoms with Crippen molar-refractivity contribution in [3.63, 3.8) is 0 Å². The van der Waals surface area contributed by atoms with Gasteiger partial charge in [-0.2, -0.15) is 0 Å². The van der Waals surface area contributed by atoms with Crippen molar-refractivity contribution < 1.29 is 5.11 Å². The fourth-order valence-electron chi connectivity index (χ4n) is 1.95. The predicted octanol–water partition coefficient (Wildman–Crippen LogP) is 3.03. The molecule has 0 heterocycles. The number of aryl methyl sites for hydroxylation is 1. The van der Waals surface area contributed by atoms with Crippen molar-refractivity contribution in [1.29, 1.82) is 0 Å². The molecule has 0 aromatic heterocycles. The lowest BCUT2D eigenvalue weighted by molar-refractivity contribution is 0.475. The van der Waals surface area contributed by atoms with Gasteiger partial charge in [0.15, 0.2) is 0 Å². The van der Waals surface area contributed by atoms with Gasteiger partial charge in [0.25, 0.3) is 0 Å². The van der Waals surface area contributed by atoms with E-state index in [1.165, 1.54) is 16.7 Å². The number of nitrogens with one attached hydrogen (secondary N) is 1. The van der Waals surface area contributed by atoms with Crippen LogP contribution >= 0.6 is 0 Å². The van der Waals surface area contributed by atoms with Crippen LogP contribution in [0.1, 0.15) is 16.7 Å². The SMILES string of the molecule is Cc1cccc(CCNCc2ccc(O)cc2)c1. The molecule has 0 bridgehead atoms. The zero-order chi connectivity index (χ0) is 12.8. The second-order valence-electron chi connectivity index (χ2n) is 4.58. The molecule has 0 unspecified atom stereocenters. The number of phenols is 1. The molecular formula is C16H19NO. The van der Waals surface area contributed by atoms with E-state index in [0.29, 0.717) is 5.75 Å². The summed E-state index contributed by atoms with van der Waals surface area (Å²) in [6, 6.07) is 15.9. The summed E-state index contributed by atoms with van der Waals surface area (Å²) in [4.78, 5) is 0. The Morgan fingerprint density at radius 2 is 1.78 bits per heavy atom. The summed E-state index contributed by atoms with van der Waals surface area (Å²) >= 11 is 0. The van der Waals surface area contributed by atoms with Gasteiger partial charge in [0, 0.05) is 6.54 Å². The van der Waals surface area contributed by atoms with Crippen molar-refractivity contribution in [3.05, 3.63) is 65.2 Å². The fourth-order valence-corrected chi connectivity index (χ4v) is 1.95. The molecule has 0 amide bonds. The van der Waals surface area contributed by atoms with Gasteiger partial charge in [0.2, 0.25) is 0 Å². The van der Waals surface area contributed by atoms with Crippen LogP contribution in [0.15, 0.2) is 48.5 Å². The quantitative estimate of drug-likeness (QED) is 0.789. The van der Waals surface area contributed by atoms with Crippen molar-refractivity contribution in [2.75, 3.05) is 6.54 Å². The van der Waals surface area contributed by atoms with E-state index in [-0.39, 0.29) is 0 Å². The van der Waals surface area contributed by atoms with Gasteiger partial charge in [-0.15, -0.1) is 0 Å². The molecule has 0 saturated carbocycles. The maximum atomic E-state index is 9.18. The predicted molar refractivity (Wildman–Crippen MR) is 74.7 cm³/mol. The minimum absolute atomic E-state index is 0.318. The van der Waals surface area contributed by atoms with Crippen molar-refractivity contribution >= 4 is 0 Å². The Morgan fingerprint density at radius 3 is 2.50 bits per heavy atom. The van der Waals surface area contributed by atoms with Gasteiger partial charge in [-0.1, -0.05) is 42.0 Å². The summed E-state index contributed by atoms with van der Waals surface area (Å²) in [6.45, 7) is 3.92. The van der Waals surface area contributed by atoms with Crippen molar-refractivity contribution in [2.45, 2.75) is 19.9 Å². The number of benzene rings is 2. The molecule has 2 nitrogen and oxygen atoms in total. The first-order chi connectivity index (χ1) is 8.74. The third-order valence-corrected chi connectivity index (χ3v) is 2.94. The highest BCUT2D eigenvalue weighted by Gasteiger charge is 1.95. The third-order valence-electron chi connectivity index (χ3n) is 2.94. The van der Waals surface area contributed by atoms with E-state index in [1.54, 1.807) is 12.1 Å². The molecule has 2 aromatic rings. The number of phenolic OH excluding ortho intramolecular Hbond substituents is 1. The van der Waals surface area contributed by atoms with E-state index in [0.717, 1.165) is 19.5 Å². The highest BCUT2D eigenvalue weighted by atomic mass is 16.3. The third kappa shape index (κ3) is 3.90. The number of hydrogen-bond donors (Lipinski definition) is 2. The number of hydrogen-bond acceptors (Lipinski definition) is 2. The summed E-state index contributed by atoms with van der Waals surface area (Å²) in [5.74, 6) is 0.318. The molecule has 2 heteroatoms. The Hall–Kier alpha value is -1.80. The maximum absolute atomic E-state index is 9.18. The van der Waals surface area contributed by atoms with Gasteiger partial charge >= 0.3 is 0 Å². The summed E-state index contributed by atoms with van der Waals surface area (Å²) in [5, 5.41) is 12.6. The lowest BCUT2D eigenvalue weighted by atomic mass is 10.1. The Kier molecular flexibility index (Phi) is 4.37. The highest BCUT2D eigenvalue weighted by molar-refractivity contribution is 5.26. The van der Waals surface area contributed by atoms with E-state index >= 15 is 0 Å². The molecule has 2 aromatic carbocycles. The molecule has 0 atom stereocenters. The molecule has 0 aliphatic heterocycles. The van der Waals surface area contributed by atoms with Gasteiger partial charge < -0.3 is 10.4 Å². The molecule has 2 N–H and O–H groups in total. The average Bonchev–Trinajstić information content (AvgIpc) is 2.37. The smallest absolute Gasteiger partial charge is 0.115 e. The van der Waals surface area contributed by atoms with Gasteiger partial charge in [-0.05, 0) is 43.1 Å². The molecular weight excluding hydrogens is 222 g/mol. The molecule has 18 heavy (non-hydrogen) atoms. The van der Waals surface area contributed by atoms with Gasteiger partial charge in [0.05, 0.1) is 0 Å². The minimum atomic E-state index is 0.318. The van der Waals surface area contributed by atoms with E-state index in [1.807, 2.05) is 12.1 Å². The van der Waals surface area contributed by atoms with Gasteiger partial charge in [-0.3, -0.25) is 0 Å². The molecule has 0 fully saturated rings. The first kappa shape index (κ1) is 12.7. The Labute approximate surface area is 108 Å². The summed E-state index contributed by atoms with van der Waals surface area (Å²) < 4.78 is 0. The molecule has 94 valence electrons. The zero-order valence-corrected chi connectivity index (χ0v) is 10.7. The molecule has 0 radical (unpaired) electrons. The van der Waals surface area contributed by atoms with E-state index in [9.17, 15) is 5.11 Å². The second-order valence-corrected chi connectivity index (χ2v) is 4.58. The van der Waals surface area contributed by atoms with Crippen molar-refractivity contribution in [3.8, 4) is 5.75 Å². The van der Waals surface area contributed by atoms with Crippen LogP contribution in [-0.2, 0) is 13.0 Å². The lowest BCUT2D eigenvalue weighted by Crippen LogP contribution is -2.16. The monoisotopic (exact) mass is 241 g/mol. The van der Waals surface area contributed by atoms with E-state index in [4.69, 9.17) is 0 Å². The standard InChI is InChI=1S/C16H19NO/c1-13-3-2-4-14(11-13)9-10-17-12-15-5-7-16(18)8-6-15/h2-8,11,17-18H,9-10,12H2,1H3. The number of aromatic hydroxyl groups is 1. The van der Waals surface area contributed by atoms with Crippen LogP contribution < -0.4 is 5.32 Å². The van der Waals surface area contributed by atoms with E-state index in [2.05, 4.69) is 36.5 Å². The van der Waals surface area contributed by atoms with Crippen LogP contribution in [-0.4, -0.2) is 11.7 Å². The first-order valence-corrected chi connectivity index (χ1v) is 6.28. The van der Waals surface area contributed by atoms with Crippen molar-refractivity contribution in [1.82, 2.24) is 5.32 Å². The van der Waals surface area contributed by atoms with Gasteiger partial charge in [-0.25, -0.2) is 0 Å². The first-order valence-electron chi connectivity index (χ1n) is 6.28. The minimum Gasteiger partial charge on any atom is -0.508 e. The van der Waals surface area contributed by atoms with Crippen LogP contribution in [0, 0.1) is 6.92 Å². The molecule has 0 aliphatic rings. The fraction of sp³-hybridized carbons (Fsp3) is 0.250. The Balaban J connectivity index is 1.74. The maximum Gasteiger partial charge on any atom is 0.115 e. The largest absolute Gasteiger partial charge is 0.508 e. The lowest BCUT2D eigenvalue weighted by Gasteiger charge is -2.06. The van der Waals surface area contributed by atoms with Crippen LogP contribution in [0.2, 0.25) is 0 Å². The highest BCUT2D eigenvalue weighted by Crippen LogP contribution is 2.09. The Morgan fingerprint density at radius 1 is 1.00 bits per heavy atom. The Bertz CT molecular complexity index is 491.